The third kappa shape index (κ3) is 4.03. The number of ether oxygens (including phenoxy) is 1. The van der Waals surface area contributed by atoms with Gasteiger partial charge in [-0.25, -0.2) is 0 Å². The summed E-state index contributed by atoms with van der Waals surface area (Å²) in [5, 5.41) is 9.86. The van der Waals surface area contributed by atoms with Crippen LogP contribution < -0.4 is 10.1 Å². The average molecular weight is 333 g/mol. The zero-order valence-electron chi connectivity index (χ0n) is 13.3. The lowest BCUT2D eigenvalue weighted by molar-refractivity contribution is 0.336. The standard InChI is InChI=1S/C18H20N2O2.ClH/c1-3-21-18-9-8-14-6-4-5-7-16(14)17(18)12-19-11-15-10-13(2)22-20-15;/h4-10,19H,3,11-12H2,1-2H3;1H. The molecular weight excluding hydrogens is 312 g/mol. The van der Waals surface area contributed by atoms with Gasteiger partial charge in [0.25, 0.3) is 0 Å². The Bertz CT molecular complexity index is 771. The highest BCUT2D eigenvalue weighted by Gasteiger charge is 2.09. The van der Waals surface area contributed by atoms with Gasteiger partial charge in [0.1, 0.15) is 11.5 Å². The first-order chi connectivity index (χ1) is 10.8. The van der Waals surface area contributed by atoms with Gasteiger partial charge < -0.3 is 14.6 Å². The van der Waals surface area contributed by atoms with Gasteiger partial charge >= 0.3 is 0 Å². The van der Waals surface area contributed by atoms with E-state index in [-0.39, 0.29) is 12.4 Å². The normalized spacial score (nSPS) is 10.5. The van der Waals surface area contributed by atoms with Crippen LogP contribution in [-0.4, -0.2) is 11.8 Å². The van der Waals surface area contributed by atoms with Crippen LogP contribution in [0.4, 0.5) is 0 Å². The molecule has 0 saturated carbocycles. The number of halogens is 1. The highest BCUT2D eigenvalue weighted by molar-refractivity contribution is 5.87. The first-order valence-electron chi connectivity index (χ1n) is 7.54. The molecule has 1 N–H and O–H groups in total. The lowest BCUT2D eigenvalue weighted by Crippen LogP contribution is -2.14. The second-order valence-corrected chi connectivity index (χ2v) is 5.23. The zero-order valence-corrected chi connectivity index (χ0v) is 14.2. The topological polar surface area (TPSA) is 47.3 Å². The van der Waals surface area contributed by atoms with Gasteiger partial charge in [-0.2, -0.15) is 0 Å². The van der Waals surface area contributed by atoms with Gasteiger partial charge in [-0.05, 0) is 30.7 Å². The molecule has 0 saturated heterocycles. The molecular formula is C18H21ClN2O2. The molecule has 1 heterocycles. The Morgan fingerprint density at radius 2 is 1.96 bits per heavy atom. The minimum atomic E-state index is 0. The van der Waals surface area contributed by atoms with E-state index in [0.29, 0.717) is 13.2 Å². The van der Waals surface area contributed by atoms with Gasteiger partial charge in [0.2, 0.25) is 0 Å². The Hall–Kier alpha value is -2.04. The van der Waals surface area contributed by atoms with Crippen molar-refractivity contribution in [3.8, 4) is 5.75 Å². The second kappa shape index (κ2) is 7.99. The van der Waals surface area contributed by atoms with Crippen LogP contribution in [0.1, 0.15) is 23.9 Å². The van der Waals surface area contributed by atoms with E-state index in [2.05, 4.69) is 40.8 Å². The van der Waals surface area contributed by atoms with Gasteiger partial charge in [0.15, 0.2) is 0 Å². The first kappa shape index (κ1) is 17.3. The molecule has 0 atom stereocenters. The fraction of sp³-hybridized carbons (Fsp3) is 0.278. The Balaban J connectivity index is 0.00000192. The Labute approximate surface area is 142 Å². The van der Waals surface area contributed by atoms with Crippen LogP contribution in [0.5, 0.6) is 5.75 Å². The number of benzene rings is 2. The smallest absolute Gasteiger partial charge is 0.133 e. The minimum absolute atomic E-state index is 0. The first-order valence-corrected chi connectivity index (χ1v) is 7.54. The monoisotopic (exact) mass is 332 g/mol. The van der Waals surface area contributed by atoms with Crippen LogP contribution in [0.2, 0.25) is 0 Å². The van der Waals surface area contributed by atoms with E-state index in [1.807, 2.05) is 26.0 Å². The number of rotatable bonds is 6. The van der Waals surface area contributed by atoms with E-state index in [9.17, 15) is 0 Å². The molecule has 0 aliphatic carbocycles. The van der Waals surface area contributed by atoms with E-state index >= 15 is 0 Å². The summed E-state index contributed by atoms with van der Waals surface area (Å²) in [6.07, 6.45) is 0. The molecule has 0 bridgehead atoms. The number of nitrogens with zero attached hydrogens (tertiary/aromatic N) is 1. The molecule has 4 nitrogen and oxygen atoms in total. The lowest BCUT2D eigenvalue weighted by Gasteiger charge is -2.14. The number of aromatic nitrogens is 1. The van der Waals surface area contributed by atoms with E-state index in [4.69, 9.17) is 9.26 Å². The molecule has 0 aliphatic rings. The molecule has 122 valence electrons. The summed E-state index contributed by atoms with van der Waals surface area (Å²) in [7, 11) is 0. The largest absolute Gasteiger partial charge is 0.494 e. The SMILES string of the molecule is CCOc1ccc2ccccc2c1CNCc1cc(C)on1.Cl. The Kier molecular flexibility index (Phi) is 6.02. The summed E-state index contributed by atoms with van der Waals surface area (Å²) in [5.74, 6) is 1.77. The van der Waals surface area contributed by atoms with Crippen molar-refractivity contribution in [2.24, 2.45) is 0 Å². The quantitative estimate of drug-likeness (QED) is 0.733. The highest BCUT2D eigenvalue weighted by atomic mass is 35.5. The summed E-state index contributed by atoms with van der Waals surface area (Å²) >= 11 is 0. The maximum absolute atomic E-state index is 5.78. The zero-order chi connectivity index (χ0) is 15.4. The molecule has 23 heavy (non-hydrogen) atoms. The number of nitrogens with one attached hydrogen (secondary N) is 1. The number of hydrogen-bond acceptors (Lipinski definition) is 4. The third-order valence-electron chi connectivity index (χ3n) is 3.58. The van der Waals surface area contributed by atoms with Crippen molar-refractivity contribution in [2.75, 3.05) is 6.61 Å². The Morgan fingerprint density at radius 1 is 1.13 bits per heavy atom. The molecule has 3 rings (SSSR count). The summed E-state index contributed by atoms with van der Waals surface area (Å²) in [6, 6.07) is 14.5. The van der Waals surface area contributed by atoms with Crippen molar-refractivity contribution in [1.82, 2.24) is 10.5 Å². The molecule has 0 fully saturated rings. The van der Waals surface area contributed by atoms with Crippen molar-refractivity contribution >= 4 is 23.2 Å². The average Bonchev–Trinajstić information content (AvgIpc) is 2.95. The molecule has 0 unspecified atom stereocenters. The molecule has 3 aromatic rings. The molecule has 0 aliphatic heterocycles. The Morgan fingerprint density at radius 3 is 2.70 bits per heavy atom. The summed E-state index contributed by atoms with van der Waals surface area (Å²) in [5.41, 5.74) is 2.09. The van der Waals surface area contributed by atoms with Crippen LogP contribution in [-0.2, 0) is 13.1 Å². The maximum Gasteiger partial charge on any atom is 0.133 e. The van der Waals surface area contributed by atoms with Crippen LogP contribution in [0, 0.1) is 6.92 Å². The van der Waals surface area contributed by atoms with Crippen LogP contribution >= 0.6 is 12.4 Å². The van der Waals surface area contributed by atoms with Gasteiger partial charge in [-0.15, -0.1) is 12.4 Å². The van der Waals surface area contributed by atoms with Crippen molar-refractivity contribution in [1.29, 1.82) is 0 Å². The third-order valence-corrected chi connectivity index (χ3v) is 3.58. The van der Waals surface area contributed by atoms with Crippen LogP contribution in [0.25, 0.3) is 10.8 Å². The number of fused-ring (bicyclic) bond motifs is 1. The fourth-order valence-corrected chi connectivity index (χ4v) is 2.61. The van der Waals surface area contributed by atoms with Crippen LogP contribution in [0.3, 0.4) is 0 Å². The molecule has 5 heteroatoms. The van der Waals surface area contributed by atoms with Crippen molar-refractivity contribution in [2.45, 2.75) is 26.9 Å². The van der Waals surface area contributed by atoms with E-state index < -0.39 is 0 Å². The second-order valence-electron chi connectivity index (χ2n) is 5.23. The fourth-order valence-electron chi connectivity index (χ4n) is 2.61. The summed E-state index contributed by atoms with van der Waals surface area (Å²) < 4.78 is 10.9. The van der Waals surface area contributed by atoms with Gasteiger partial charge in [0.05, 0.1) is 12.3 Å². The molecule has 2 aromatic carbocycles. The van der Waals surface area contributed by atoms with Crippen molar-refractivity contribution in [3.05, 3.63) is 59.5 Å². The molecule has 1 aromatic heterocycles. The van der Waals surface area contributed by atoms with E-state index in [1.54, 1.807) is 0 Å². The molecule has 0 amide bonds. The number of hydrogen-bond donors (Lipinski definition) is 1. The van der Waals surface area contributed by atoms with E-state index in [0.717, 1.165) is 23.7 Å². The minimum Gasteiger partial charge on any atom is -0.494 e. The summed E-state index contributed by atoms with van der Waals surface area (Å²) in [4.78, 5) is 0. The lowest BCUT2D eigenvalue weighted by atomic mass is 10.0. The summed E-state index contributed by atoms with van der Waals surface area (Å²) in [6.45, 7) is 5.96. The maximum atomic E-state index is 5.78. The highest BCUT2D eigenvalue weighted by Crippen LogP contribution is 2.28. The van der Waals surface area contributed by atoms with Crippen LogP contribution in [0.15, 0.2) is 47.0 Å². The molecule has 0 spiro atoms. The van der Waals surface area contributed by atoms with E-state index in [1.165, 1.54) is 16.3 Å². The van der Waals surface area contributed by atoms with Crippen molar-refractivity contribution in [3.63, 3.8) is 0 Å². The van der Waals surface area contributed by atoms with Crippen molar-refractivity contribution < 1.29 is 9.26 Å². The predicted molar refractivity (Wildman–Crippen MR) is 94.1 cm³/mol. The molecule has 0 radical (unpaired) electrons. The van der Waals surface area contributed by atoms with Gasteiger partial charge in [-0.1, -0.05) is 35.5 Å². The predicted octanol–water partition coefficient (Wildman–Crippen LogP) is 4.25. The van der Waals surface area contributed by atoms with Gasteiger partial charge in [-0.3, -0.25) is 0 Å². The number of aryl methyl sites for hydroxylation is 1. The van der Waals surface area contributed by atoms with Gasteiger partial charge in [0, 0.05) is 24.7 Å².